The van der Waals surface area contributed by atoms with Gasteiger partial charge in [0.25, 0.3) is 5.91 Å². The number of carbonyl (C=O) groups excluding carboxylic acids is 1. The van der Waals surface area contributed by atoms with E-state index in [1.165, 1.54) is 11.1 Å². The second-order valence-corrected chi connectivity index (χ2v) is 5.69. The Labute approximate surface area is 129 Å². The Kier molecular flexibility index (Phi) is 3.67. The first-order valence-electron chi connectivity index (χ1n) is 7.32. The average molecular weight is 293 g/mol. The highest BCUT2D eigenvalue weighted by molar-refractivity contribution is 5.94. The minimum absolute atomic E-state index is 0.0728. The van der Waals surface area contributed by atoms with Crippen molar-refractivity contribution in [3.05, 3.63) is 70.7 Å². The van der Waals surface area contributed by atoms with Crippen molar-refractivity contribution in [2.75, 3.05) is 0 Å². The molecule has 0 bridgehead atoms. The lowest BCUT2D eigenvalue weighted by molar-refractivity contribution is 0.0950. The third-order valence-corrected chi connectivity index (χ3v) is 3.85. The molecule has 3 rings (SSSR count). The van der Waals surface area contributed by atoms with Gasteiger partial charge in [-0.15, -0.1) is 0 Å². The first kappa shape index (κ1) is 14.3. The molecule has 1 amide bonds. The van der Waals surface area contributed by atoms with Crippen LogP contribution in [0.15, 0.2) is 42.7 Å². The summed E-state index contributed by atoms with van der Waals surface area (Å²) in [7, 11) is 0. The standard InChI is InChI=1S/C18H19N3O/c1-12-4-7-17-20-16(11-21(17)10-12)9-19-18(22)15-6-5-13(2)14(3)8-15/h4-8,10-11H,9H2,1-3H3,(H,19,22). The van der Waals surface area contributed by atoms with Crippen LogP contribution in [-0.4, -0.2) is 15.3 Å². The average Bonchev–Trinajstić information content (AvgIpc) is 2.89. The molecule has 22 heavy (non-hydrogen) atoms. The van der Waals surface area contributed by atoms with E-state index in [4.69, 9.17) is 0 Å². The molecule has 0 atom stereocenters. The molecule has 4 nitrogen and oxygen atoms in total. The van der Waals surface area contributed by atoms with E-state index >= 15 is 0 Å². The molecule has 4 heteroatoms. The maximum Gasteiger partial charge on any atom is 0.251 e. The van der Waals surface area contributed by atoms with Gasteiger partial charge in [0.15, 0.2) is 0 Å². The van der Waals surface area contributed by atoms with Crippen molar-refractivity contribution in [3.8, 4) is 0 Å². The predicted octanol–water partition coefficient (Wildman–Crippen LogP) is 3.19. The van der Waals surface area contributed by atoms with Crippen LogP contribution in [0.25, 0.3) is 5.65 Å². The van der Waals surface area contributed by atoms with Gasteiger partial charge < -0.3 is 9.72 Å². The predicted molar refractivity (Wildman–Crippen MR) is 87.0 cm³/mol. The van der Waals surface area contributed by atoms with Crippen molar-refractivity contribution in [1.82, 2.24) is 14.7 Å². The molecule has 0 aliphatic heterocycles. The van der Waals surface area contributed by atoms with Crippen LogP contribution in [0.3, 0.4) is 0 Å². The van der Waals surface area contributed by atoms with E-state index in [2.05, 4.69) is 10.3 Å². The summed E-state index contributed by atoms with van der Waals surface area (Å²) in [5.41, 5.74) is 5.91. The fourth-order valence-electron chi connectivity index (χ4n) is 2.40. The molecule has 0 aliphatic rings. The van der Waals surface area contributed by atoms with Crippen LogP contribution >= 0.6 is 0 Å². The number of nitrogens with one attached hydrogen (secondary N) is 1. The molecule has 1 N–H and O–H groups in total. The number of carbonyl (C=O) groups is 1. The summed E-state index contributed by atoms with van der Waals surface area (Å²) < 4.78 is 1.98. The smallest absolute Gasteiger partial charge is 0.251 e. The molecule has 112 valence electrons. The number of hydrogen-bond acceptors (Lipinski definition) is 2. The Morgan fingerprint density at radius 2 is 1.91 bits per heavy atom. The zero-order valence-corrected chi connectivity index (χ0v) is 13.1. The van der Waals surface area contributed by atoms with Crippen LogP contribution < -0.4 is 5.32 Å². The second kappa shape index (κ2) is 5.64. The van der Waals surface area contributed by atoms with E-state index in [1.807, 2.05) is 67.9 Å². The summed E-state index contributed by atoms with van der Waals surface area (Å²) in [5, 5.41) is 2.92. The first-order valence-corrected chi connectivity index (χ1v) is 7.32. The summed E-state index contributed by atoms with van der Waals surface area (Å²) in [4.78, 5) is 16.7. The number of benzene rings is 1. The lowest BCUT2D eigenvalue weighted by atomic mass is 10.1. The summed E-state index contributed by atoms with van der Waals surface area (Å²) in [6, 6.07) is 9.74. The number of rotatable bonds is 3. The minimum Gasteiger partial charge on any atom is -0.346 e. The highest BCUT2D eigenvalue weighted by Gasteiger charge is 2.08. The minimum atomic E-state index is -0.0728. The van der Waals surface area contributed by atoms with Crippen LogP contribution in [0.4, 0.5) is 0 Å². The first-order chi connectivity index (χ1) is 10.5. The highest BCUT2D eigenvalue weighted by Crippen LogP contribution is 2.10. The van der Waals surface area contributed by atoms with Crippen molar-refractivity contribution >= 4 is 11.6 Å². The van der Waals surface area contributed by atoms with Gasteiger partial charge in [-0.05, 0) is 55.7 Å². The van der Waals surface area contributed by atoms with Gasteiger partial charge in [-0.2, -0.15) is 0 Å². The number of amides is 1. The summed E-state index contributed by atoms with van der Waals surface area (Å²) in [6.45, 7) is 6.51. The Balaban J connectivity index is 1.72. The van der Waals surface area contributed by atoms with Crippen molar-refractivity contribution in [1.29, 1.82) is 0 Å². The normalized spacial score (nSPS) is 10.9. The number of aryl methyl sites for hydroxylation is 3. The van der Waals surface area contributed by atoms with Gasteiger partial charge in [-0.3, -0.25) is 4.79 Å². The third kappa shape index (κ3) is 2.86. The molecule has 2 heterocycles. The Morgan fingerprint density at radius 1 is 1.09 bits per heavy atom. The summed E-state index contributed by atoms with van der Waals surface area (Å²) in [6.07, 6.45) is 3.97. The third-order valence-electron chi connectivity index (χ3n) is 3.85. The highest BCUT2D eigenvalue weighted by atomic mass is 16.1. The fraction of sp³-hybridized carbons (Fsp3) is 0.222. The van der Waals surface area contributed by atoms with E-state index in [-0.39, 0.29) is 5.91 Å². The Bertz CT molecular complexity index is 849. The maximum absolute atomic E-state index is 12.2. The Hall–Kier alpha value is -2.62. The Morgan fingerprint density at radius 3 is 2.68 bits per heavy atom. The van der Waals surface area contributed by atoms with Crippen molar-refractivity contribution < 1.29 is 4.79 Å². The monoisotopic (exact) mass is 293 g/mol. The molecule has 0 saturated heterocycles. The van der Waals surface area contributed by atoms with Gasteiger partial charge in [0.1, 0.15) is 5.65 Å². The van der Waals surface area contributed by atoms with Crippen LogP contribution in [0, 0.1) is 20.8 Å². The van der Waals surface area contributed by atoms with E-state index < -0.39 is 0 Å². The maximum atomic E-state index is 12.2. The van der Waals surface area contributed by atoms with Crippen molar-refractivity contribution in [2.24, 2.45) is 0 Å². The summed E-state index contributed by atoms with van der Waals surface area (Å²) in [5.74, 6) is -0.0728. The van der Waals surface area contributed by atoms with Gasteiger partial charge in [0.2, 0.25) is 0 Å². The fourth-order valence-corrected chi connectivity index (χ4v) is 2.40. The molecular formula is C18H19N3O. The number of fused-ring (bicyclic) bond motifs is 1. The van der Waals surface area contributed by atoms with Gasteiger partial charge >= 0.3 is 0 Å². The number of nitrogens with zero attached hydrogens (tertiary/aromatic N) is 2. The number of hydrogen-bond donors (Lipinski definition) is 1. The van der Waals surface area contributed by atoms with Crippen molar-refractivity contribution in [2.45, 2.75) is 27.3 Å². The molecule has 0 spiro atoms. The second-order valence-electron chi connectivity index (χ2n) is 5.69. The van der Waals surface area contributed by atoms with E-state index in [9.17, 15) is 4.79 Å². The molecule has 1 aromatic carbocycles. The molecule has 2 aromatic heterocycles. The zero-order chi connectivity index (χ0) is 15.7. The largest absolute Gasteiger partial charge is 0.346 e. The molecule has 0 unspecified atom stereocenters. The van der Waals surface area contributed by atoms with Crippen LogP contribution in [0.5, 0.6) is 0 Å². The lowest BCUT2D eigenvalue weighted by Gasteiger charge is -2.06. The molecule has 0 radical (unpaired) electrons. The molecule has 0 fully saturated rings. The SMILES string of the molecule is Cc1ccc2nc(CNC(=O)c3ccc(C)c(C)c3)cn2c1. The topological polar surface area (TPSA) is 46.4 Å². The number of aromatic nitrogens is 2. The van der Waals surface area contributed by atoms with E-state index in [0.29, 0.717) is 12.1 Å². The van der Waals surface area contributed by atoms with Gasteiger partial charge in [-0.25, -0.2) is 4.98 Å². The van der Waals surface area contributed by atoms with E-state index in [0.717, 1.165) is 16.9 Å². The lowest BCUT2D eigenvalue weighted by Crippen LogP contribution is -2.23. The van der Waals surface area contributed by atoms with Crippen molar-refractivity contribution in [3.63, 3.8) is 0 Å². The van der Waals surface area contributed by atoms with Crippen LogP contribution in [0.2, 0.25) is 0 Å². The zero-order valence-electron chi connectivity index (χ0n) is 13.1. The molecule has 3 aromatic rings. The molecular weight excluding hydrogens is 274 g/mol. The molecule has 0 aliphatic carbocycles. The number of pyridine rings is 1. The summed E-state index contributed by atoms with van der Waals surface area (Å²) >= 11 is 0. The van der Waals surface area contributed by atoms with Crippen LogP contribution in [0.1, 0.15) is 32.7 Å². The number of imidazole rings is 1. The van der Waals surface area contributed by atoms with Crippen LogP contribution in [-0.2, 0) is 6.54 Å². The van der Waals surface area contributed by atoms with Gasteiger partial charge in [0.05, 0.1) is 12.2 Å². The molecule has 0 saturated carbocycles. The van der Waals surface area contributed by atoms with E-state index in [1.54, 1.807) is 0 Å². The quantitative estimate of drug-likeness (QED) is 0.806. The van der Waals surface area contributed by atoms with Gasteiger partial charge in [-0.1, -0.05) is 12.1 Å². The van der Waals surface area contributed by atoms with Gasteiger partial charge in [0, 0.05) is 18.0 Å².